The van der Waals surface area contributed by atoms with Crippen LogP contribution in [0.1, 0.15) is 51.9 Å². The van der Waals surface area contributed by atoms with Gasteiger partial charge in [0.2, 0.25) is 5.91 Å². The van der Waals surface area contributed by atoms with Gasteiger partial charge in [-0.25, -0.2) is 0 Å². The molecule has 1 saturated carbocycles. The fourth-order valence-corrected chi connectivity index (χ4v) is 4.27. The zero-order valence-electron chi connectivity index (χ0n) is 13.7. The van der Waals surface area contributed by atoms with Gasteiger partial charge in [-0.05, 0) is 37.5 Å². The third kappa shape index (κ3) is 5.92. The first-order valence-corrected chi connectivity index (χ1v) is 9.84. The lowest BCUT2D eigenvalue weighted by atomic mass is 9.79. The molecular formula is C17H30N2O2S. The Labute approximate surface area is 138 Å². The molecule has 5 heteroatoms. The molecule has 1 heterocycles. The van der Waals surface area contributed by atoms with E-state index in [1.165, 1.54) is 32.1 Å². The Morgan fingerprint density at radius 3 is 2.55 bits per heavy atom. The number of carbonyl (C=O) groups excluding carboxylic acids is 1. The molecule has 1 aliphatic heterocycles. The summed E-state index contributed by atoms with van der Waals surface area (Å²) in [6, 6.07) is 0.280. The fraction of sp³-hybridized carbons (Fsp3) is 0.882. The summed E-state index contributed by atoms with van der Waals surface area (Å²) >= 11 is 1.58. The van der Waals surface area contributed by atoms with Crippen LogP contribution in [0.3, 0.4) is 0 Å². The topological polar surface area (TPSA) is 62.2 Å². The highest BCUT2D eigenvalue weighted by Crippen LogP contribution is 2.30. The minimum absolute atomic E-state index is 0.106. The highest BCUT2D eigenvalue weighted by Gasteiger charge is 2.23. The molecular weight excluding hydrogens is 296 g/mol. The smallest absolute Gasteiger partial charge is 0.230 e. The Morgan fingerprint density at radius 2 is 1.86 bits per heavy atom. The Balaban J connectivity index is 1.60. The van der Waals surface area contributed by atoms with Gasteiger partial charge in [-0.1, -0.05) is 26.2 Å². The molecule has 4 nitrogen and oxygen atoms in total. The summed E-state index contributed by atoms with van der Waals surface area (Å²) in [4.78, 5) is 11.9. The second-order valence-electron chi connectivity index (χ2n) is 6.66. The van der Waals surface area contributed by atoms with Crippen molar-refractivity contribution in [3.63, 3.8) is 0 Å². The van der Waals surface area contributed by atoms with Crippen LogP contribution in [0.2, 0.25) is 0 Å². The predicted molar refractivity (Wildman–Crippen MR) is 92.8 cm³/mol. The zero-order valence-corrected chi connectivity index (χ0v) is 14.6. The lowest BCUT2D eigenvalue weighted by Gasteiger charge is -2.28. The van der Waals surface area contributed by atoms with E-state index in [1.807, 2.05) is 0 Å². The third-order valence-corrected chi connectivity index (χ3v) is 5.97. The Bertz CT molecular complexity index is 364. The van der Waals surface area contributed by atoms with Crippen molar-refractivity contribution >= 4 is 23.4 Å². The molecule has 0 radical (unpaired) electrons. The highest BCUT2D eigenvalue weighted by atomic mass is 32.2. The van der Waals surface area contributed by atoms with Gasteiger partial charge in [-0.2, -0.15) is 0 Å². The number of carbonyl (C=O) groups is 1. The monoisotopic (exact) mass is 326 g/mol. The normalized spacial score (nSPS) is 22.2. The van der Waals surface area contributed by atoms with E-state index in [1.54, 1.807) is 11.8 Å². The SMILES string of the molecule is CC(C(=N)CSCC(=O)NC1CCOCC1)C1CCCCC1. The standard InChI is InChI=1S/C17H30N2O2S/c1-13(14-5-3-2-4-6-14)16(18)11-22-12-17(20)19-15-7-9-21-10-8-15/h13-15,18H,2-12H2,1H3,(H,19,20). The molecule has 2 N–H and O–H groups in total. The van der Waals surface area contributed by atoms with Crippen molar-refractivity contribution in [1.82, 2.24) is 5.32 Å². The van der Waals surface area contributed by atoms with E-state index in [2.05, 4.69) is 12.2 Å². The molecule has 0 aromatic heterocycles. The predicted octanol–water partition coefficient (Wildman–Crippen LogP) is 3.25. The van der Waals surface area contributed by atoms with Crippen molar-refractivity contribution in [1.29, 1.82) is 5.41 Å². The first kappa shape index (κ1) is 17.8. The molecule has 126 valence electrons. The Hall–Kier alpha value is -0.550. The van der Waals surface area contributed by atoms with E-state index < -0.39 is 0 Å². The zero-order chi connectivity index (χ0) is 15.8. The summed E-state index contributed by atoms with van der Waals surface area (Å²) in [6.07, 6.45) is 8.40. The van der Waals surface area contributed by atoms with Crippen LogP contribution in [-0.2, 0) is 9.53 Å². The number of rotatable bonds is 7. The van der Waals surface area contributed by atoms with Crippen LogP contribution in [0.25, 0.3) is 0 Å². The highest BCUT2D eigenvalue weighted by molar-refractivity contribution is 8.00. The molecule has 2 rings (SSSR count). The van der Waals surface area contributed by atoms with Crippen molar-refractivity contribution in [2.45, 2.75) is 57.9 Å². The summed E-state index contributed by atoms with van der Waals surface area (Å²) in [6.45, 7) is 3.70. The van der Waals surface area contributed by atoms with Crippen molar-refractivity contribution in [2.75, 3.05) is 24.7 Å². The summed E-state index contributed by atoms with van der Waals surface area (Å²) in [5, 5.41) is 11.3. The van der Waals surface area contributed by atoms with Crippen LogP contribution < -0.4 is 5.32 Å². The number of amides is 1. The average Bonchev–Trinajstić information content (AvgIpc) is 2.55. The van der Waals surface area contributed by atoms with Gasteiger partial charge in [0.05, 0.1) is 5.75 Å². The molecule has 1 saturated heterocycles. The molecule has 1 unspecified atom stereocenters. The maximum Gasteiger partial charge on any atom is 0.230 e. The van der Waals surface area contributed by atoms with Crippen molar-refractivity contribution < 1.29 is 9.53 Å². The lowest BCUT2D eigenvalue weighted by Crippen LogP contribution is -2.39. The molecule has 2 aliphatic rings. The van der Waals surface area contributed by atoms with Gasteiger partial charge < -0.3 is 15.5 Å². The maximum atomic E-state index is 11.9. The minimum Gasteiger partial charge on any atom is -0.381 e. The third-order valence-electron chi connectivity index (χ3n) is 4.98. The molecule has 1 atom stereocenters. The summed E-state index contributed by atoms with van der Waals surface area (Å²) in [7, 11) is 0. The van der Waals surface area contributed by atoms with Gasteiger partial charge in [0.15, 0.2) is 0 Å². The van der Waals surface area contributed by atoms with Gasteiger partial charge in [0, 0.05) is 30.7 Å². The van der Waals surface area contributed by atoms with E-state index in [4.69, 9.17) is 10.1 Å². The van der Waals surface area contributed by atoms with Crippen LogP contribution in [0.4, 0.5) is 0 Å². The fourth-order valence-electron chi connectivity index (χ4n) is 3.42. The van der Waals surface area contributed by atoms with Gasteiger partial charge in [0.1, 0.15) is 0 Å². The lowest BCUT2D eigenvalue weighted by molar-refractivity contribution is -0.119. The number of hydrogen-bond acceptors (Lipinski definition) is 4. The van der Waals surface area contributed by atoms with E-state index in [0.29, 0.717) is 23.3 Å². The first-order valence-electron chi connectivity index (χ1n) is 8.69. The molecule has 0 aromatic rings. The van der Waals surface area contributed by atoms with E-state index in [-0.39, 0.29) is 11.9 Å². The number of nitrogens with one attached hydrogen (secondary N) is 2. The van der Waals surface area contributed by atoms with Gasteiger partial charge in [0.25, 0.3) is 0 Å². The molecule has 0 bridgehead atoms. The van der Waals surface area contributed by atoms with E-state index in [9.17, 15) is 4.79 Å². The van der Waals surface area contributed by atoms with E-state index in [0.717, 1.165) is 31.8 Å². The molecule has 1 amide bonds. The van der Waals surface area contributed by atoms with Gasteiger partial charge >= 0.3 is 0 Å². The molecule has 22 heavy (non-hydrogen) atoms. The number of thioether (sulfide) groups is 1. The summed E-state index contributed by atoms with van der Waals surface area (Å²) in [5.74, 6) is 2.34. The molecule has 1 aliphatic carbocycles. The molecule has 0 spiro atoms. The quantitative estimate of drug-likeness (QED) is 0.706. The average molecular weight is 327 g/mol. The van der Waals surface area contributed by atoms with Crippen LogP contribution >= 0.6 is 11.8 Å². The Kier molecular flexibility index (Phi) is 7.73. The van der Waals surface area contributed by atoms with Crippen LogP contribution in [0.15, 0.2) is 0 Å². The summed E-state index contributed by atoms with van der Waals surface area (Å²) in [5.41, 5.74) is 0.816. The van der Waals surface area contributed by atoms with Crippen LogP contribution in [-0.4, -0.2) is 42.4 Å². The number of ether oxygens (including phenoxy) is 1. The van der Waals surface area contributed by atoms with Gasteiger partial charge in [-0.15, -0.1) is 11.8 Å². The Morgan fingerprint density at radius 1 is 1.18 bits per heavy atom. The maximum absolute atomic E-state index is 11.9. The van der Waals surface area contributed by atoms with Crippen molar-refractivity contribution in [2.24, 2.45) is 11.8 Å². The van der Waals surface area contributed by atoms with E-state index >= 15 is 0 Å². The van der Waals surface area contributed by atoms with Crippen molar-refractivity contribution in [3.8, 4) is 0 Å². The second-order valence-corrected chi connectivity index (χ2v) is 7.64. The minimum atomic E-state index is 0.106. The van der Waals surface area contributed by atoms with Crippen LogP contribution in [0, 0.1) is 17.2 Å². The second kappa shape index (κ2) is 9.56. The molecule has 0 aromatic carbocycles. The van der Waals surface area contributed by atoms with Crippen LogP contribution in [0.5, 0.6) is 0 Å². The number of hydrogen-bond donors (Lipinski definition) is 2. The molecule has 2 fully saturated rings. The first-order chi connectivity index (χ1) is 10.7. The van der Waals surface area contributed by atoms with Crippen molar-refractivity contribution in [3.05, 3.63) is 0 Å². The summed E-state index contributed by atoms with van der Waals surface area (Å²) < 4.78 is 5.29. The van der Waals surface area contributed by atoms with Gasteiger partial charge in [-0.3, -0.25) is 4.79 Å². The largest absolute Gasteiger partial charge is 0.381 e.